The molecule has 1 rings (SSSR count). The molecule has 0 aliphatic carbocycles. The van der Waals surface area contributed by atoms with Gasteiger partial charge in [0.2, 0.25) is 0 Å². The Kier molecular flexibility index (Phi) is 4.70. The average molecular weight is 233 g/mol. The molecule has 4 N–H and O–H groups in total. The normalized spacial score (nSPS) is 41.2. The Morgan fingerprint density at radius 3 is 2.50 bits per heavy atom. The van der Waals surface area contributed by atoms with Crippen molar-refractivity contribution in [2.24, 2.45) is 0 Å². The third-order valence-corrected chi connectivity index (χ3v) is 3.33. The van der Waals surface area contributed by atoms with Gasteiger partial charge in [0.1, 0.15) is 17.8 Å². The number of unbranched alkanes of at least 4 members (excludes halogenated alkanes) is 1. The summed E-state index contributed by atoms with van der Waals surface area (Å²) in [6.45, 7) is 4.34. The highest BCUT2D eigenvalue weighted by Crippen LogP contribution is 2.26. The van der Waals surface area contributed by atoms with Crippen molar-refractivity contribution in [1.29, 1.82) is 0 Å². The first-order valence-electron chi connectivity index (χ1n) is 5.87. The summed E-state index contributed by atoms with van der Waals surface area (Å²) >= 11 is 0. The Morgan fingerprint density at radius 1 is 1.38 bits per heavy atom. The highest BCUT2D eigenvalue weighted by molar-refractivity contribution is 5.00. The molecule has 1 fully saturated rings. The first kappa shape index (κ1) is 13.9. The lowest BCUT2D eigenvalue weighted by Gasteiger charge is -2.48. The number of rotatable bonds is 4. The summed E-state index contributed by atoms with van der Waals surface area (Å²) in [4.78, 5) is 1.85. The summed E-state index contributed by atoms with van der Waals surface area (Å²) in [6, 6.07) is -0.484. The summed E-state index contributed by atoms with van der Waals surface area (Å²) in [6.07, 6.45) is -0.363. The van der Waals surface area contributed by atoms with Gasteiger partial charge in [-0.1, -0.05) is 13.3 Å². The lowest BCUT2D eigenvalue weighted by Crippen LogP contribution is -2.67. The zero-order valence-electron chi connectivity index (χ0n) is 10.0. The minimum absolute atomic E-state index is 0.210. The van der Waals surface area contributed by atoms with Crippen LogP contribution in [0.1, 0.15) is 26.7 Å². The van der Waals surface area contributed by atoms with Gasteiger partial charge in [0.15, 0.2) is 0 Å². The molecular weight excluding hydrogens is 210 g/mol. The number of likely N-dealkylation sites (tertiary alicyclic amines) is 1. The molecule has 1 aliphatic rings. The smallest absolute Gasteiger partial charge is 0.111 e. The summed E-state index contributed by atoms with van der Waals surface area (Å²) < 4.78 is 0. The van der Waals surface area contributed by atoms with Gasteiger partial charge in [-0.25, -0.2) is 0 Å². The topological polar surface area (TPSA) is 84.2 Å². The Balaban J connectivity index is 2.74. The van der Waals surface area contributed by atoms with E-state index in [9.17, 15) is 20.4 Å². The number of aliphatic hydroxyl groups excluding tert-OH is 3. The lowest BCUT2D eigenvalue weighted by molar-refractivity contribution is -0.188. The third-order valence-electron chi connectivity index (χ3n) is 3.33. The third kappa shape index (κ3) is 2.73. The Hall–Kier alpha value is -0.200. The van der Waals surface area contributed by atoms with Crippen LogP contribution >= 0.6 is 0 Å². The quantitative estimate of drug-likeness (QED) is 0.497. The van der Waals surface area contributed by atoms with E-state index in [1.807, 2.05) is 4.90 Å². The first-order chi connectivity index (χ1) is 7.44. The zero-order chi connectivity index (χ0) is 12.3. The fourth-order valence-corrected chi connectivity index (χ4v) is 2.25. The maximum absolute atomic E-state index is 9.96. The van der Waals surface area contributed by atoms with E-state index in [0.717, 1.165) is 12.8 Å². The van der Waals surface area contributed by atoms with Gasteiger partial charge >= 0.3 is 0 Å². The molecule has 0 aromatic carbocycles. The van der Waals surface area contributed by atoms with Gasteiger partial charge in [0.25, 0.3) is 0 Å². The van der Waals surface area contributed by atoms with Crippen LogP contribution in [0.4, 0.5) is 0 Å². The van der Waals surface area contributed by atoms with Crippen molar-refractivity contribution in [2.45, 2.75) is 50.5 Å². The molecule has 0 radical (unpaired) electrons. The SMILES string of the molecule is CCCCN1C[C@](C)(O)[C@@H](O)[C@H](O)[C@H]1CO. The van der Waals surface area contributed by atoms with E-state index in [4.69, 9.17) is 0 Å². The average Bonchev–Trinajstić information content (AvgIpc) is 2.23. The van der Waals surface area contributed by atoms with Crippen molar-refractivity contribution in [3.05, 3.63) is 0 Å². The minimum atomic E-state index is -1.32. The summed E-state index contributed by atoms with van der Waals surface area (Å²) in [5.74, 6) is 0. The van der Waals surface area contributed by atoms with Crippen LogP contribution in [0.15, 0.2) is 0 Å². The maximum atomic E-state index is 9.96. The Labute approximate surface area is 96.3 Å². The van der Waals surface area contributed by atoms with E-state index < -0.39 is 23.9 Å². The van der Waals surface area contributed by atoms with Crippen LogP contribution < -0.4 is 0 Å². The Morgan fingerprint density at radius 2 is 2.00 bits per heavy atom. The van der Waals surface area contributed by atoms with Crippen molar-refractivity contribution in [3.63, 3.8) is 0 Å². The summed E-state index contributed by atoms with van der Waals surface area (Å²) in [5, 5.41) is 38.7. The number of piperidine rings is 1. The molecule has 1 heterocycles. The second kappa shape index (κ2) is 5.42. The van der Waals surface area contributed by atoms with Gasteiger partial charge in [-0.15, -0.1) is 0 Å². The van der Waals surface area contributed by atoms with Crippen LogP contribution in [0.25, 0.3) is 0 Å². The number of nitrogens with zero attached hydrogens (tertiary/aromatic N) is 1. The van der Waals surface area contributed by atoms with Crippen LogP contribution in [-0.2, 0) is 0 Å². The largest absolute Gasteiger partial charge is 0.395 e. The van der Waals surface area contributed by atoms with Crippen molar-refractivity contribution >= 4 is 0 Å². The minimum Gasteiger partial charge on any atom is -0.395 e. The molecule has 0 amide bonds. The van der Waals surface area contributed by atoms with Gasteiger partial charge in [-0.3, -0.25) is 4.90 Å². The molecule has 1 saturated heterocycles. The highest BCUT2D eigenvalue weighted by Gasteiger charge is 2.47. The second-order valence-electron chi connectivity index (χ2n) is 4.87. The van der Waals surface area contributed by atoms with Crippen LogP contribution in [0.2, 0.25) is 0 Å². The molecule has 96 valence electrons. The van der Waals surface area contributed by atoms with Crippen molar-refractivity contribution in [3.8, 4) is 0 Å². The fourth-order valence-electron chi connectivity index (χ4n) is 2.25. The molecule has 0 aromatic rings. The molecular formula is C11H23NO4. The fraction of sp³-hybridized carbons (Fsp3) is 1.00. The zero-order valence-corrected chi connectivity index (χ0v) is 10.0. The number of hydrogen-bond acceptors (Lipinski definition) is 5. The van der Waals surface area contributed by atoms with Gasteiger partial charge in [0.05, 0.1) is 12.6 Å². The van der Waals surface area contributed by atoms with Crippen molar-refractivity contribution in [2.75, 3.05) is 19.7 Å². The highest BCUT2D eigenvalue weighted by atomic mass is 16.4. The number of aliphatic hydroxyl groups is 4. The van der Waals surface area contributed by atoms with Crippen molar-refractivity contribution < 1.29 is 20.4 Å². The molecule has 1 aliphatic heterocycles. The van der Waals surface area contributed by atoms with Gasteiger partial charge < -0.3 is 20.4 Å². The van der Waals surface area contributed by atoms with E-state index in [0.29, 0.717) is 6.54 Å². The second-order valence-corrected chi connectivity index (χ2v) is 4.87. The molecule has 4 atom stereocenters. The lowest BCUT2D eigenvalue weighted by atomic mass is 9.85. The van der Waals surface area contributed by atoms with Crippen LogP contribution in [0, 0.1) is 0 Å². The van der Waals surface area contributed by atoms with E-state index in [-0.39, 0.29) is 13.2 Å². The molecule has 0 bridgehead atoms. The maximum Gasteiger partial charge on any atom is 0.111 e. The van der Waals surface area contributed by atoms with E-state index in [2.05, 4.69) is 6.92 Å². The van der Waals surface area contributed by atoms with E-state index in [1.54, 1.807) is 0 Å². The van der Waals surface area contributed by atoms with Gasteiger partial charge in [-0.2, -0.15) is 0 Å². The van der Waals surface area contributed by atoms with Crippen molar-refractivity contribution in [1.82, 2.24) is 4.90 Å². The molecule has 0 spiro atoms. The predicted molar refractivity (Wildman–Crippen MR) is 60.0 cm³/mol. The predicted octanol–water partition coefficient (Wildman–Crippen LogP) is -1.06. The van der Waals surface area contributed by atoms with Crippen LogP contribution in [0.3, 0.4) is 0 Å². The molecule has 5 nitrogen and oxygen atoms in total. The van der Waals surface area contributed by atoms with Gasteiger partial charge in [0, 0.05) is 6.54 Å². The molecule has 0 unspecified atom stereocenters. The Bertz CT molecular complexity index is 222. The number of β-amino-alcohol motifs (C(OH)–C–C–N with tert-alkyl or cyclic N) is 1. The molecule has 5 heteroatoms. The van der Waals surface area contributed by atoms with Gasteiger partial charge in [-0.05, 0) is 19.9 Å². The molecule has 0 aromatic heterocycles. The molecule has 16 heavy (non-hydrogen) atoms. The monoisotopic (exact) mass is 233 g/mol. The van der Waals surface area contributed by atoms with Crippen LogP contribution in [0.5, 0.6) is 0 Å². The van der Waals surface area contributed by atoms with E-state index >= 15 is 0 Å². The summed E-state index contributed by atoms with van der Waals surface area (Å²) in [7, 11) is 0. The van der Waals surface area contributed by atoms with E-state index in [1.165, 1.54) is 6.92 Å². The standard InChI is InChI=1S/C11H23NO4/c1-3-4-5-12-7-11(2,16)10(15)9(14)8(12)6-13/h8-10,13-16H,3-7H2,1-2H3/t8-,9-,10+,11+/m1/s1. The summed E-state index contributed by atoms with van der Waals surface area (Å²) in [5.41, 5.74) is -1.32. The van der Waals surface area contributed by atoms with Crippen LogP contribution in [-0.4, -0.2) is 68.9 Å². The number of hydrogen-bond donors (Lipinski definition) is 4. The first-order valence-corrected chi connectivity index (χ1v) is 5.87. The molecule has 0 saturated carbocycles.